The van der Waals surface area contributed by atoms with Crippen molar-refractivity contribution >= 4 is 34.2 Å². The zero-order chi connectivity index (χ0) is 14.0. The third-order valence-electron chi connectivity index (χ3n) is 4.02. The van der Waals surface area contributed by atoms with E-state index in [2.05, 4.69) is 22.6 Å². The Labute approximate surface area is 134 Å². The Morgan fingerprint density at radius 2 is 1.75 bits per heavy atom. The van der Waals surface area contributed by atoms with Gasteiger partial charge in [-0.2, -0.15) is 0 Å². The molecule has 1 aromatic carbocycles. The number of hydrogen-bond donors (Lipinski definition) is 2. The van der Waals surface area contributed by atoms with E-state index in [0.717, 1.165) is 27.5 Å². The minimum Gasteiger partial charge on any atom is -0.494 e. The van der Waals surface area contributed by atoms with Crippen molar-refractivity contribution in [2.45, 2.75) is 25.0 Å². The lowest BCUT2D eigenvalue weighted by Crippen LogP contribution is -1.96. The number of benzene rings is 1. The van der Waals surface area contributed by atoms with Gasteiger partial charge in [-0.15, -0.1) is 0 Å². The van der Waals surface area contributed by atoms with Crippen LogP contribution in [0.1, 0.15) is 36.2 Å². The normalized spacial score (nSPS) is 23.3. The molecule has 2 N–H and O–H groups in total. The zero-order valence-corrected chi connectivity index (χ0v) is 13.2. The van der Waals surface area contributed by atoms with Crippen molar-refractivity contribution in [1.29, 1.82) is 0 Å². The van der Waals surface area contributed by atoms with Crippen molar-refractivity contribution in [1.82, 2.24) is 4.57 Å². The maximum absolute atomic E-state index is 10.4. The molecule has 6 heteroatoms. The molecule has 1 fully saturated rings. The van der Waals surface area contributed by atoms with Crippen LogP contribution in [0, 0.1) is 3.57 Å². The van der Waals surface area contributed by atoms with Crippen LogP contribution in [0.4, 0.5) is 0 Å². The summed E-state index contributed by atoms with van der Waals surface area (Å²) in [4.78, 5) is 0. The second-order valence-corrected chi connectivity index (χ2v) is 6.67. The Bertz CT molecular complexity index is 694. The van der Waals surface area contributed by atoms with Gasteiger partial charge in [0.2, 0.25) is 11.8 Å². The number of aromatic nitrogens is 1. The van der Waals surface area contributed by atoms with E-state index in [-0.39, 0.29) is 24.0 Å². The molecule has 3 heterocycles. The third kappa shape index (κ3) is 1.57. The molecular weight excluding hydrogens is 393 g/mol. The van der Waals surface area contributed by atoms with Crippen molar-refractivity contribution in [3.05, 3.63) is 37.9 Å². The highest BCUT2D eigenvalue weighted by Crippen LogP contribution is 2.58. The standard InChI is InChI=1S/C14H11ClINO3/c15-7-5-6(1-2-8(7)16)17-13(18)11-9-3-4-10(20-9)12(11)14(17)19/h1-2,5,9-10,18-19H,3-4H2. The highest BCUT2D eigenvalue weighted by atomic mass is 127. The van der Waals surface area contributed by atoms with Crippen molar-refractivity contribution in [3.63, 3.8) is 0 Å². The largest absolute Gasteiger partial charge is 0.494 e. The Hall–Kier alpha value is -0.920. The average Bonchev–Trinajstić information content (AvgIpc) is 3.08. The first-order valence-corrected chi connectivity index (χ1v) is 7.81. The number of halogens is 2. The Kier molecular flexibility index (Phi) is 2.74. The van der Waals surface area contributed by atoms with Crippen LogP contribution in [0.5, 0.6) is 11.8 Å². The lowest BCUT2D eigenvalue weighted by molar-refractivity contribution is 0.0683. The van der Waals surface area contributed by atoms with E-state index in [1.165, 1.54) is 4.57 Å². The number of rotatable bonds is 1. The highest BCUT2D eigenvalue weighted by molar-refractivity contribution is 14.1. The summed E-state index contributed by atoms with van der Waals surface area (Å²) in [5.41, 5.74) is 2.11. The van der Waals surface area contributed by atoms with Gasteiger partial charge >= 0.3 is 0 Å². The minimum atomic E-state index is -0.0959. The molecule has 2 aliphatic rings. The summed E-state index contributed by atoms with van der Waals surface area (Å²) in [6, 6.07) is 5.42. The number of aromatic hydroxyl groups is 2. The monoisotopic (exact) mass is 403 g/mol. The van der Waals surface area contributed by atoms with Crippen LogP contribution < -0.4 is 0 Å². The summed E-state index contributed by atoms with van der Waals surface area (Å²) in [7, 11) is 0. The summed E-state index contributed by atoms with van der Waals surface area (Å²) in [6.45, 7) is 0. The molecule has 1 aromatic heterocycles. The van der Waals surface area contributed by atoms with E-state index in [0.29, 0.717) is 10.7 Å². The number of fused-ring (bicyclic) bond motifs is 5. The fourth-order valence-electron chi connectivity index (χ4n) is 3.15. The first-order valence-electron chi connectivity index (χ1n) is 6.35. The molecule has 0 amide bonds. The van der Waals surface area contributed by atoms with E-state index >= 15 is 0 Å². The number of hydrogen-bond acceptors (Lipinski definition) is 3. The average molecular weight is 404 g/mol. The SMILES string of the molecule is Oc1c2c(c(O)n1-c1ccc(I)c(Cl)c1)C1CCC2O1. The molecule has 20 heavy (non-hydrogen) atoms. The summed E-state index contributed by atoms with van der Waals surface area (Å²) >= 11 is 8.26. The lowest BCUT2D eigenvalue weighted by Gasteiger charge is -2.11. The van der Waals surface area contributed by atoms with Crippen molar-refractivity contribution in [2.24, 2.45) is 0 Å². The first-order chi connectivity index (χ1) is 9.58. The summed E-state index contributed by atoms with van der Waals surface area (Å²) in [5.74, 6) is 0.115. The second kappa shape index (κ2) is 4.29. The van der Waals surface area contributed by atoms with Crippen LogP contribution in [-0.2, 0) is 4.74 Å². The number of ether oxygens (including phenoxy) is 1. The van der Waals surface area contributed by atoms with Gasteiger partial charge < -0.3 is 14.9 Å². The molecule has 0 radical (unpaired) electrons. The van der Waals surface area contributed by atoms with Crippen LogP contribution in [0.15, 0.2) is 18.2 Å². The summed E-state index contributed by atoms with van der Waals surface area (Å²) in [5, 5.41) is 21.5. The molecule has 0 aliphatic carbocycles. The minimum absolute atomic E-state index is 0.0574. The van der Waals surface area contributed by atoms with Crippen LogP contribution in [-0.4, -0.2) is 14.8 Å². The fraction of sp³-hybridized carbons (Fsp3) is 0.286. The molecule has 104 valence electrons. The van der Waals surface area contributed by atoms with Gasteiger partial charge in [-0.05, 0) is 53.6 Å². The van der Waals surface area contributed by atoms with Gasteiger partial charge in [-0.3, -0.25) is 4.57 Å². The van der Waals surface area contributed by atoms with Gasteiger partial charge in [-0.1, -0.05) is 11.6 Å². The molecule has 2 bridgehead atoms. The van der Waals surface area contributed by atoms with Crippen LogP contribution >= 0.6 is 34.2 Å². The van der Waals surface area contributed by atoms with Crippen LogP contribution in [0.25, 0.3) is 5.69 Å². The van der Waals surface area contributed by atoms with Crippen molar-refractivity contribution in [3.8, 4) is 17.4 Å². The molecule has 2 aromatic rings. The zero-order valence-electron chi connectivity index (χ0n) is 10.3. The molecule has 4 nitrogen and oxygen atoms in total. The predicted octanol–water partition coefficient (Wildman–Crippen LogP) is 4.05. The molecule has 0 spiro atoms. The van der Waals surface area contributed by atoms with E-state index in [4.69, 9.17) is 16.3 Å². The van der Waals surface area contributed by atoms with Crippen molar-refractivity contribution in [2.75, 3.05) is 0 Å². The Balaban J connectivity index is 1.94. The summed E-state index contributed by atoms with van der Waals surface area (Å²) in [6.07, 6.45) is 1.59. The van der Waals surface area contributed by atoms with Gasteiger partial charge in [0.15, 0.2) is 0 Å². The van der Waals surface area contributed by atoms with E-state index in [9.17, 15) is 10.2 Å². The molecule has 2 unspecified atom stereocenters. The topological polar surface area (TPSA) is 54.6 Å². The third-order valence-corrected chi connectivity index (χ3v) is 5.59. The highest BCUT2D eigenvalue weighted by Gasteiger charge is 2.45. The molecule has 2 atom stereocenters. The van der Waals surface area contributed by atoms with Gasteiger partial charge in [0.25, 0.3) is 0 Å². The van der Waals surface area contributed by atoms with Crippen LogP contribution in [0.3, 0.4) is 0 Å². The van der Waals surface area contributed by atoms with Crippen LogP contribution in [0.2, 0.25) is 5.02 Å². The van der Waals surface area contributed by atoms with E-state index in [1.54, 1.807) is 6.07 Å². The van der Waals surface area contributed by atoms with E-state index < -0.39 is 0 Å². The predicted molar refractivity (Wildman–Crippen MR) is 82.6 cm³/mol. The maximum Gasteiger partial charge on any atom is 0.205 e. The number of nitrogens with zero attached hydrogens (tertiary/aromatic N) is 1. The maximum atomic E-state index is 10.4. The van der Waals surface area contributed by atoms with Crippen molar-refractivity contribution < 1.29 is 14.9 Å². The Morgan fingerprint density at radius 1 is 1.15 bits per heavy atom. The van der Waals surface area contributed by atoms with Gasteiger partial charge in [0.1, 0.15) is 0 Å². The van der Waals surface area contributed by atoms with E-state index in [1.807, 2.05) is 12.1 Å². The quantitative estimate of drug-likeness (QED) is 0.706. The fourth-order valence-corrected chi connectivity index (χ4v) is 3.66. The molecule has 1 saturated heterocycles. The lowest BCUT2D eigenvalue weighted by atomic mass is 9.95. The molecule has 4 rings (SSSR count). The first kappa shape index (κ1) is 12.8. The van der Waals surface area contributed by atoms with Gasteiger partial charge in [0, 0.05) is 3.57 Å². The van der Waals surface area contributed by atoms with Gasteiger partial charge in [0.05, 0.1) is 34.0 Å². The molecule has 2 aliphatic heterocycles. The van der Waals surface area contributed by atoms with Gasteiger partial charge in [-0.25, -0.2) is 0 Å². The second-order valence-electron chi connectivity index (χ2n) is 5.10. The smallest absolute Gasteiger partial charge is 0.205 e. The molecular formula is C14H11ClINO3. The summed E-state index contributed by atoms with van der Waals surface area (Å²) < 4.78 is 8.09. The molecule has 0 saturated carbocycles. The Morgan fingerprint density at radius 3 is 2.30 bits per heavy atom.